The summed E-state index contributed by atoms with van der Waals surface area (Å²) in [7, 11) is 0. The molecule has 3 N–H and O–H groups in total. The normalized spacial score (nSPS) is 10.9. The number of carboxylic acid groups (broad SMARTS) is 1. The Labute approximate surface area is 102 Å². The Kier molecular flexibility index (Phi) is 4.06. The largest absolute Gasteiger partial charge is 0.478 e. The van der Waals surface area contributed by atoms with Gasteiger partial charge in [0.25, 0.3) is 0 Å². The van der Waals surface area contributed by atoms with Crippen LogP contribution < -0.4 is 5.73 Å². The van der Waals surface area contributed by atoms with Crippen molar-refractivity contribution >= 4 is 39.5 Å². The van der Waals surface area contributed by atoms with Gasteiger partial charge in [0.1, 0.15) is 0 Å². The Bertz CT molecular complexity index is 456. The third kappa shape index (κ3) is 2.24. The third-order valence-electron chi connectivity index (χ3n) is 2.23. The van der Waals surface area contributed by atoms with E-state index in [4.69, 9.17) is 10.8 Å². The van der Waals surface area contributed by atoms with Crippen LogP contribution in [0.2, 0.25) is 0 Å². The molecule has 0 aliphatic rings. The van der Waals surface area contributed by atoms with Gasteiger partial charge in [0.05, 0.1) is 16.9 Å². The van der Waals surface area contributed by atoms with Gasteiger partial charge in [-0.05, 0) is 25.0 Å². The van der Waals surface area contributed by atoms with Crippen molar-refractivity contribution in [2.24, 2.45) is 4.99 Å². The third-order valence-corrected chi connectivity index (χ3v) is 2.94. The van der Waals surface area contributed by atoms with Crippen LogP contribution in [0, 0.1) is 0 Å². The quantitative estimate of drug-likeness (QED) is 0.662. The highest BCUT2D eigenvalue weighted by molar-refractivity contribution is 9.10. The van der Waals surface area contributed by atoms with Gasteiger partial charge in [0.15, 0.2) is 0 Å². The molecule has 86 valence electrons. The molecular formula is C11H13BrN2O2. The molecule has 0 aliphatic heterocycles. The number of hydrogen-bond acceptors (Lipinski definition) is 3. The lowest BCUT2D eigenvalue weighted by Gasteiger charge is -2.11. The second-order valence-electron chi connectivity index (χ2n) is 3.19. The van der Waals surface area contributed by atoms with E-state index in [1.54, 1.807) is 13.1 Å². The van der Waals surface area contributed by atoms with Crippen LogP contribution in [0.15, 0.2) is 15.5 Å². The smallest absolute Gasteiger partial charge is 0.337 e. The lowest BCUT2D eigenvalue weighted by molar-refractivity contribution is 0.0698. The number of carboxylic acids is 1. The number of nitrogens with zero attached hydrogens (tertiary/aromatic N) is 1. The van der Waals surface area contributed by atoms with Crippen molar-refractivity contribution in [2.75, 3.05) is 5.73 Å². The van der Waals surface area contributed by atoms with Crippen molar-refractivity contribution in [1.29, 1.82) is 0 Å². The maximum atomic E-state index is 11.0. The summed E-state index contributed by atoms with van der Waals surface area (Å²) < 4.78 is 0.724. The van der Waals surface area contributed by atoms with Gasteiger partial charge >= 0.3 is 5.97 Å². The summed E-state index contributed by atoms with van der Waals surface area (Å²) in [6, 6.07) is 1.52. The highest BCUT2D eigenvalue weighted by Gasteiger charge is 2.17. The lowest BCUT2D eigenvalue weighted by atomic mass is 10.0. The van der Waals surface area contributed by atoms with Crippen LogP contribution >= 0.6 is 15.9 Å². The standard InChI is InChI=1S/C11H13BrN2O2/c1-3-6-8(12)5-7(11(15)16)9(13)10(6)14-4-2/h4-5H,3,13H2,1-2H3,(H,15,16). The molecule has 0 aliphatic carbocycles. The van der Waals surface area contributed by atoms with E-state index in [1.807, 2.05) is 6.92 Å². The van der Waals surface area contributed by atoms with Gasteiger partial charge in [0, 0.05) is 10.7 Å². The predicted octanol–water partition coefficient (Wildman–Crippen LogP) is 3.01. The molecule has 0 heterocycles. The van der Waals surface area contributed by atoms with Gasteiger partial charge in [-0.15, -0.1) is 0 Å². The van der Waals surface area contributed by atoms with Gasteiger partial charge in [0.2, 0.25) is 0 Å². The maximum Gasteiger partial charge on any atom is 0.337 e. The van der Waals surface area contributed by atoms with Crippen LogP contribution in [0.5, 0.6) is 0 Å². The summed E-state index contributed by atoms with van der Waals surface area (Å²) in [6.07, 6.45) is 2.33. The minimum Gasteiger partial charge on any atom is -0.478 e. The number of halogens is 1. The van der Waals surface area contributed by atoms with Crippen LogP contribution in [-0.4, -0.2) is 17.3 Å². The van der Waals surface area contributed by atoms with E-state index >= 15 is 0 Å². The second kappa shape index (κ2) is 5.12. The first-order chi connectivity index (χ1) is 7.52. The Morgan fingerprint density at radius 3 is 2.75 bits per heavy atom. The predicted molar refractivity (Wildman–Crippen MR) is 68.7 cm³/mol. The SMILES string of the molecule is CC=Nc1c(N)c(C(=O)O)cc(Br)c1CC. The molecule has 0 atom stereocenters. The Balaban J connectivity index is 3.58. The molecule has 0 bridgehead atoms. The zero-order chi connectivity index (χ0) is 12.3. The number of nitrogen functional groups attached to an aromatic ring is 1. The Morgan fingerprint density at radius 1 is 1.69 bits per heavy atom. The van der Waals surface area contributed by atoms with Crippen molar-refractivity contribution in [1.82, 2.24) is 0 Å². The molecule has 0 saturated carbocycles. The first kappa shape index (κ1) is 12.7. The van der Waals surface area contributed by atoms with E-state index in [-0.39, 0.29) is 11.3 Å². The number of rotatable bonds is 3. The van der Waals surface area contributed by atoms with Gasteiger partial charge < -0.3 is 10.8 Å². The van der Waals surface area contributed by atoms with E-state index in [0.29, 0.717) is 5.69 Å². The Morgan fingerprint density at radius 2 is 2.31 bits per heavy atom. The number of hydrogen-bond donors (Lipinski definition) is 2. The summed E-state index contributed by atoms with van der Waals surface area (Å²) in [5, 5.41) is 8.99. The number of aromatic carboxylic acids is 1. The monoisotopic (exact) mass is 284 g/mol. The highest BCUT2D eigenvalue weighted by Crippen LogP contribution is 2.36. The molecule has 0 spiro atoms. The summed E-state index contributed by atoms with van der Waals surface area (Å²) in [6.45, 7) is 3.73. The molecule has 1 aromatic rings. The minimum absolute atomic E-state index is 0.0738. The lowest BCUT2D eigenvalue weighted by Crippen LogP contribution is -2.04. The van der Waals surface area contributed by atoms with Crippen LogP contribution in [0.3, 0.4) is 0 Å². The average Bonchev–Trinajstić information content (AvgIpc) is 2.23. The molecule has 16 heavy (non-hydrogen) atoms. The van der Waals surface area contributed by atoms with Crippen LogP contribution in [0.4, 0.5) is 11.4 Å². The van der Waals surface area contributed by atoms with E-state index in [2.05, 4.69) is 20.9 Å². The molecule has 0 saturated heterocycles. The summed E-state index contributed by atoms with van der Waals surface area (Å²) in [5.74, 6) is -1.05. The average molecular weight is 285 g/mol. The van der Waals surface area contributed by atoms with Gasteiger partial charge in [-0.1, -0.05) is 22.9 Å². The fourth-order valence-electron chi connectivity index (χ4n) is 1.48. The molecule has 1 rings (SSSR count). The van der Waals surface area contributed by atoms with E-state index in [0.717, 1.165) is 16.5 Å². The van der Waals surface area contributed by atoms with Crippen LogP contribution in [0.25, 0.3) is 0 Å². The fourth-order valence-corrected chi connectivity index (χ4v) is 2.18. The van der Waals surface area contributed by atoms with Gasteiger partial charge in [-0.3, -0.25) is 4.99 Å². The topological polar surface area (TPSA) is 75.7 Å². The zero-order valence-corrected chi connectivity index (χ0v) is 10.7. The van der Waals surface area contributed by atoms with Crippen molar-refractivity contribution in [3.05, 3.63) is 21.7 Å². The molecular weight excluding hydrogens is 272 g/mol. The van der Waals surface area contributed by atoms with Crippen molar-refractivity contribution in [3.63, 3.8) is 0 Å². The summed E-state index contributed by atoms with van der Waals surface area (Å²) in [5.41, 5.74) is 7.54. The number of nitrogens with two attached hydrogens (primary N) is 1. The van der Waals surface area contributed by atoms with Crippen LogP contribution in [0.1, 0.15) is 29.8 Å². The first-order valence-corrected chi connectivity index (χ1v) is 5.65. The van der Waals surface area contributed by atoms with Crippen molar-refractivity contribution < 1.29 is 9.90 Å². The number of anilines is 1. The van der Waals surface area contributed by atoms with Gasteiger partial charge in [-0.2, -0.15) is 0 Å². The van der Waals surface area contributed by atoms with E-state index in [9.17, 15) is 4.79 Å². The Hall–Kier alpha value is -1.36. The molecule has 0 amide bonds. The first-order valence-electron chi connectivity index (χ1n) is 4.85. The molecule has 1 aromatic carbocycles. The highest BCUT2D eigenvalue weighted by atomic mass is 79.9. The van der Waals surface area contributed by atoms with Crippen molar-refractivity contribution in [2.45, 2.75) is 20.3 Å². The minimum atomic E-state index is -1.05. The molecule has 0 fully saturated rings. The van der Waals surface area contributed by atoms with Gasteiger partial charge in [-0.25, -0.2) is 4.79 Å². The molecule has 4 nitrogen and oxygen atoms in total. The molecule has 0 radical (unpaired) electrons. The van der Waals surface area contributed by atoms with E-state index in [1.165, 1.54) is 6.07 Å². The maximum absolute atomic E-state index is 11.0. The number of aliphatic imine (C=N–C) groups is 1. The fraction of sp³-hybridized carbons (Fsp3) is 0.273. The summed E-state index contributed by atoms with van der Waals surface area (Å²) >= 11 is 3.34. The molecule has 5 heteroatoms. The molecule has 0 unspecified atom stereocenters. The second-order valence-corrected chi connectivity index (χ2v) is 4.05. The zero-order valence-electron chi connectivity index (χ0n) is 9.12. The number of benzene rings is 1. The van der Waals surface area contributed by atoms with Crippen LogP contribution in [-0.2, 0) is 6.42 Å². The van der Waals surface area contributed by atoms with E-state index < -0.39 is 5.97 Å². The molecule has 0 aromatic heterocycles. The van der Waals surface area contributed by atoms with Crippen molar-refractivity contribution in [3.8, 4) is 0 Å². The number of carbonyl (C=O) groups is 1. The summed E-state index contributed by atoms with van der Waals surface area (Å²) in [4.78, 5) is 15.1.